The molecule has 0 saturated heterocycles. The smallest absolute Gasteiger partial charge is 0.220 e. The molecule has 0 unspecified atom stereocenters. The van der Waals surface area contributed by atoms with Crippen LogP contribution in [0, 0.1) is 6.92 Å². The number of rotatable bonds is 1. The Morgan fingerprint density at radius 2 is 1.94 bits per heavy atom. The van der Waals surface area contributed by atoms with Gasteiger partial charge in [-0.2, -0.15) is 0 Å². The Labute approximate surface area is 103 Å². The van der Waals surface area contributed by atoms with Crippen molar-refractivity contribution in [2.75, 3.05) is 5.73 Å². The molecule has 1 aromatic carbocycles. The number of nitrogen functional groups attached to an aromatic ring is 1. The molecule has 0 aliphatic carbocycles. The maximum Gasteiger partial charge on any atom is 0.220 e. The number of halogens is 2. The van der Waals surface area contributed by atoms with Gasteiger partial charge in [0.25, 0.3) is 0 Å². The first-order valence-corrected chi connectivity index (χ1v) is 5.38. The molecule has 82 valence electrons. The average Bonchev–Trinajstić information content (AvgIpc) is 2.26. The number of hydrogen-bond donors (Lipinski definition) is 1. The summed E-state index contributed by atoms with van der Waals surface area (Å²) in [6, 6.07) is 5.35. The quantitative estimate of drug-likeness (QED) is 0.849. The molecule has 0 aliphatic heterocycles. The van der Waals surface area contributed by atoms with Crippen LogP contribution in [0.1, 0.15) is 5.56 Å². The zero-order chi connectivity index (χ0) is 11.7. The summed E-state index contributed by atoms with van der Waals surface area (Å²) in [5.41, 5.74) is 8.13. The summed E-state index contributed by atoms with van der Waals surface area (Å²) in [6.07, 6.45) is 1.68. The van der Waals surface area contributed by atoms with E-state index in [1.807, 2.05) is 13.0 Å². The Balaban J connectivity index is 2.58. The van der Waals surface area contributed by atoms with Crippen LogP contribution in [0.15, 0.2) is 24.4 Å². The molecule has 2 aromatic rings. The first-order valence-electron chi connectivity index (χ1n) is 4.62. The lowest BCUT2D eigenvalue weighted by Crippen LogP contribution is -1.98. The number of benzene rings is 1. The molecule has 0 fully saturated rings. The van der Waals surface area contributed by atoms with Gasteiger partial charge in [-0.1, -0.05) is 29.3 Å². The van der Waals surface area contributed by atoms with E-state index in [0.717, 1.165) is 16.8 Å². The Morgan fingerprint density at radius 1 is 1.19 bits per heavy atom. The zero-order valence-electron chi connectivity index (χ0n) is 8.54. The Bertz CT molecular complexity index is 541. The minimum atomic E-state index is 0.242. The summed E-state index contributed by atoms with van der Waals surface area (Å²) in [4.78, 5) is 8.09. The summed E-state index contributed by atoms with van der Waals surface area (Å²) in [5, 5.41) is 1.01. The van der Waals surface area contributed by atoms with Crippen molar-refractivity contribution in [2.45, 2.75) is 6.92 Å². The standard InChI is InChI=1S/C11H9Cl2N3/c1-6-5-15-11(14)16-10(6)7-2-3-8(12)9(13)4-7/h2-5H,1H3,(H2,14,15,16). The van der Waals surface area contributed by atoms with E-state index < -0.39 is 0 Å². The molecule has 0 atom stereocenters. The van der Waals surface area contributed by atoms with Crippen molar-refractivity contribution in [3.63, 3.8) is 0 Å². The lowest BCUT2D eigenvalue weighted by molar-refractivity contribution is 1.15. The van der Waals surface area contributed by atoms with Crippen LogP contribution in [0.25, 0.3) is 11.3 Å². The maximum absolute atomic E-state index is 5.95. The molecular weight excluding hydrogens is 245 g/mol. The highest BCUT2D eigenvalue weighted by atomic mass is 35.5. The van der Waals surface area contributed by atoms with E-state index in [9.17, 15) is 0 Å². The molecule has 0 saturated carbocycles. The second-order valence-electron chi connectivity index (χ2n) is 3.39. The van der Waals surface area contributed by atoms with Crippen molar-refractivity contribution >= 4 is 29.2 Å². The van der Waals surface area contributed by atoms with Crippen molar-refractivity contribution in [2.24, 2.45) is 0 Å². The summed E-state index contributed by atoms with van der Waals surface area (Å²) in [6.45, 7) is 1.91. The van der Waals surface area contributed by atoms with Gasteiger partial charge >= 0.3 is 0 Å². The molecule has 3 nitrogen and oxygen atoms in total. The van der Waals surface area contributed by atoms with Crippen LogP contribution in [-0.2, 0) is 0 Å². The highest BCUT2D eigenvalue weighted by Gasteiger charge is 2.07. The van der Waals surface area contributed by atoms with E-state index in [-0.39, 0.29) is 5.95 Å². The van der Waals surface area contributed by atoms with Gasteiger partial charge < -0.3 is 5.73 Å². The predicted molar refractivity (Wildman–Crippen MR) is 66.6 cm³/mol. The van der Waals surface area contributed by atoms with E-state index in [0.29, 0.717) is 10.0 Å². The topological polar surface area (TPSA) is 51.8 Å². The van der Waals surface area contributed by atoms with Crippen molar-refractivity contribution in [1.82, 2.24) is 9.97 Å². The fraction of sp³-hybridized carbons (Fsp3) is 0.0909. The van der Waals surface area contributed by atoms with Crippen LogP contribution < -0.4 is 5.73 Å². The largest absolute Gasteiger partial charge is 0.368 e. The summed E-state index contributed by atoms with van der Waals surface area (Å²) < 4.78 is 0. The van der Waals surface area contributed by atoms with Gasteiger partial charge in [0.05, 0.1) is 15.7 Å². The minimum Gasteiger partial charge on any atom is -0.368 e. The van der Waals surface area contributed by atoms with Crippen LogP contribution in [0.5, 0.6) is 0 Å². The van der Waals surface area contributed by atoms with E-state index in [1.165, 1.54) is 0 Å². The van der Waals surface area contributed by atoms with Crippen LogP contribution in [0.2, 0.25) is 10.0 Å². The van der Waals surface area contributed by atoms with Crippen LogP contribution in [-0.4, -0.2) is 9.97 Å². The normalized spacial score (nSPS) is 10.4. The van der Waals surface area contributed by atoms with Gasteiger partial charge in [-0.3, -0.25) is 0 Å². The molecule has 1 heterocycles. The number of aryl methyl sites for hydroxylation is 1. The fourth-order valence-electron chi connectivity index (χ4n) is 1.39. The van der Waals surface area contributed by atoms with Gasteiger partial charge in [-0.05, 0) is 24.6 Å². The number of aromatic nitrogens is 2. The number of nitrogens with zero attached hydrogens (tertiary/aromatic N) is 2. The molecule has 0 aliphatic rings. The van der Waals surface area contributed by atoms with Gasteiger partial charge in [-0.25, -0.2) is 9.97 Å². The molecule has 5 heteroatoms. The molecule has 16 heavy (non-hydrogen) atoms. The number of nitrogens with two attached hydrogens (primary N) is 1. The Morgan fingerprint density at radius 3 is 2.62 bits per heavy atom. The molecule has 2 N–H and O–H groups in total. The maximum atomic E-state index is 5.95. The van der Waals surface area contributed by atoms with Crippen LogP contribution >= 0.6 is 23.2 Å². The summed E-state index contributed by atoms with van der Waals surface area (Å²) in [5.74, 6) is 0.242. The third kappa shape index (κ3) is 2.10. The molecular formula is C11H9Cl2N3. The molecule has 0 radical (unpaired) electrons. The van der Waals surface area contributed by atoms with E-state index >= 15 is 0 Å². The second-order valence-corrected chi connectivity index (χ2v) is 4.20. The highest BCUT2D eigenvalue weighted by Crippen LogP contribution is 2.29. The van der Waals surface area contributed by atoms with E-state index in [2.05, 4.69) is 9.97 Å². The molecule has 0 amide bonds. The Kier molecular flexibility index (Phi) is 2.99. The third-order valence-corrected chi connectivity index (χ3v) is 2.92. The van der Waals surface area contributed by atoms with Gasteiger partial charge in [0, 0.05) is 11.8 Å². The van der Waals surface area contributed by atoms with Crippen molar-refractivity contribution in [3.05, 3.63) is 40.0 Å². The van der Waals surface area contributed by atoms with Gasteiger partial charge in [0.2, 0.25) is 5.95 Å². The first-order chi connectivity index (χ1) is 7.58. The molecule has 0 spiro atoms. The summed E-state index contributed by atoms with van der Waals surface area (Å²) in [7, 11) is 0. The second kappa shape index (κ2) is 4.28. The number of anilines is 1. The monoisotopic (exact) mass is 253 g/mol. The highest BCUT2D eigenvalue weighted by molar-refractivity contribution is 6.42. The third-order valence-electron chi connectivity index (χ3n) is 2.18. The van der Waals surface area contributed by atoms with Gasteiger partial charge in [0.15, 0.2) is 0 Å². The summed E-state index contributed by atoms with van der Waals surface area (Å²) >= 11 is 11.8. The number of hydrogen-bond acceptors (Lipinski definition) is 3. The van der Waals surface area contributed by atoms with E-state index in [4.69, 9.17) is 28.9 Å². The zero-order valence-corrected chi connectivity index (χ0v) is 10.0. The predicted octanol–water partition coefficient (Wildman–Crippen LogP) is 3.34. The van der Waals surface area contributed by atoms with Crippen LogP contribution in [0.4, 0.5) is 5.95 Å². The lowest BCUT2D eigenvalue weighted by atomic mass is 10.1. The molecule has 0 bridgehead atoms. The first kappa shape index (κ1) is 11.2. The molecule has 1 aromatic heterocycles. The SMILES string of the molecule is Cc1cnc(N)nc1-c1ccc(Cl)c(Cl)c1. The fourth-order valence-corrected chi connectivity index (χ4v) is 1.69. The molecule has 2 rings (SSSR count). The van der Waals surface area contributed by atoms with E-state index in [1.54, 1.807) is 18.3 Å². The minimum absolute atomic E-state index is 0.242. The van der Waals surface area contributed by atoms with Crippen molar-refractivity contribution in [3.8, 4) is 11.3 Å². The average molecular weight is 254 g/mol. The van der Waals surface area contributed by atoms with Crippen molar-refractivity contribution < 1.29 is 0 Å². The lowest BCUT2D eigenvalue weighted by Gasteiger charge is -2.06. The van der Waals surface area contributed by atoms with Crippen LogP contribution in [0.3, 0.4) is 0 Å². The van der Waals surface area contributed by atoms with Crippen molar-refractivity contribution in [1.29, 1.82) is 0 Å². The Hall–Kier alpha value is -1.32. The van der Waals surface area contributed by atoms with Gasteiger partial charge in [0.1, 0.15) is 0 Å². The van der Waals surface area contributed by atoms with Gasteiger partial charge in [-0.15, -0.1) is 0 Å².